The number of nitrogens with zero attached hydrogens (tertiary/aromatic N) is 2. The van der Waals surface area contributed by atoms with Gasteiger partial charge >= 0.3 is 0 Å². The summed E-state index contributed by atoms with van der Waals surface area (Å²) in [6, 6.07) is 65.5. The van der Waals surface area contributed by atoms with E-state index in [0.717, 1.165) is 33.9 Å². The Morgan fingerprint density at radius 1 is 0.480 bits per heavy atom. The maximum Gasteiger partial charge on any atom is 0.134 e. The first kappa shape index (κ1) is 28.6. The van der Waals surface area contributed by atoms with Crippen molar-refractivity contribution in [1.82, 2.24) is 5.32 Å². The van der Waals surface area contributed by atoms with Crippen LogP contribution in [0.3, 0.4) is 0 Å². The van der Waals surface area contributed by atoms with Crippen molar-refractivity contribution in [2.75, 3.05) is 4.90 Å². The van der Waals surface area contributed by atoms with E-state index in [1.54, 1.807) is 0 Å². The smallest absolute Gasteiger partial charge is 0.134 e. The van der Waals surface area contributed by atoms with E-state index in [0.29, 0.717) is 0 Å². The predicted octanol–water partition coefficient (Wildman–Crippen LogP) is 11.0. The first-order valence-electron chi connectivity index (χ1n) is 17.3. The third kappa shape index (κ3) is 4.13. The van der Waals surface area contributed by atoms with Gasteiger partial charge in [0.15, 0.2) is 0 Å². The van der Waals surface area contributed by atoms with E-state index < -0.39 is 5.41 Å². The summed E-state index contributed by atoms with van der Waals surface area (Å²) >= 11 is 0. The van der Waals surface area contributed by atoms with Gasteiger partial charge in [0, 0.05) is 16.9 Å². The summed E-state index contributed by atoms with van der Waals surface area (Å²) < 4.78 is 0. The van der Waals surface area contributed by atoms with E-state index in [2.05, 4.69) is 198 Å². The number of fused-ring (bicyclic) bond motifs is 9. The highest BCUT2D eigenvalue weighted by Gasteiger charge is 2.53. The summed E-state index contributed by atoms with van der Waals surface area (Å²) in [7, 11) is 0. The van der Waals surface area contributed by atoms with Crippen molar-refractivity contribution in [3.05, 3.63) is 227 Å². The SMILES string of the molecule is C1=C(c2ccccc2)NC(c2cccc3c2C2(c4ccccc4-3)c3ccccc3N(c3ccccc3)c3ccccc32)=NC1c1ccccc1. The fourth-order valence-electron chi connectivity index (χ4n) is 8.50. The monoisotopic (exact) mass is 639 g/mol. The number of nitrogens with one attached hydrogen (secondary N) is 1. The molecule has 7 aromatic carbocycles. The first-order chi connectivity index (χ1) is 24.8. The number of aliphatic imine (C=N–C) groups is 1. The molecule has 1 unspecified atom stereocenters. The van der Waals surface area contributed by atoms with Gasteiger partial charge in [-0.25, -0.2) is 0 Å². The Balaban J connectivity index is 1.28. The minimum absolute atomic E-state index is 0.141. The number of hydrogen-bond acceptors (Lipinski definition) is 3. The summed E-state index contributed by atoms with van der Waals surface area (Å²) in [6.45, 7) is 0. The van der Waals surface area contributed by atoms with Crippen molar-refractivity contribution >= 4 is 28.6 Å². The number of anilines is 3. The molecule has 3 aliphatic rings. The fourth-order valence-corrected chi connectivity index (χ4v) is 8.50. The van der Waals surface area contributed by atoms with Gasteiger partial charge in [-0.1, -0.05) is 158 Å². The van der Waals surface area contributed by atoms with Crippen LogP contribution in [-0.2, 0) is 5.41 Å². The zero-order valence-corrected chi connectivity index (χ0v) is 27.4. The third-order valence-electron chi connectivity index (χ3n) is 10.5. The minimum Gasteiger partial charge on any atom is -0.340 e. The Labute approximate surface area is 292 Å². The molecule has 1 atom stereocenters. The number of hydrogen-bond donors (Lipinski definition) is 1. The van der Waals surface area contributed by atoms with Gasteiger partial charge in [0.25, 0.3) is 0 Å². The Bertz CT molecular complexity index is 2420. The van der Waals surface area contributed by atoms with Gasteiger partial charge < -0.3 is 10.2 Å². The predicted molar refractivity (Wildman–Crippen MR) is 205 cm³/mol. The Morgan fingerprint density at radius 2 is 1.02 bits per heavy atom. The Hall–Kier alpha value is -6.45. The molecule has 2 heterocycles. The van der Waals surface area contributed by atoms with E-state index in [1.807, 2.05) is 0 Å². The maximum atomic E-state index is 5.51. The van der Waals surface area contributed by atoms with E-state index in [9.17, 15) is 0 Å². The summed E-state index contributed by atoms with van der Waals surface area (Å²) in [4.78, 5) is 7.94. The fraction of sp³-hybridized carbons (Fsp3) is 0.0426. The van der Waals surface area contributed by atoms with E-state index in [-0.39, 0.29) is 6.04 Å². The zero-order chi connectivity index (χ0) is 33.1. The molecule has 7 aromatic rings. The molecule has 10 rings (SSSR count). The summed E-state index contributed by atoms with van der Waals surface area (Å²) in [5, 5.41) is 3.85. The normalized spacial score (nSPS) is 16.3. The number of rotatable bonds is 4. The lowest BCUT2D eigenvalue weighted by Crippen LogP contribution is -2.38. The van der Waals surface area contributed by atoms with Crippen LogP contribution < -0.4 is 10.2 Å². The molecule has 0 radical (unpaired) electrons. The molecule has 1 aliphatic carbocycles. The second kappa shape index (κ2) is 11.3. The van der Waals surface area contributed by atoms with Crippen LogP contribution in [0.15, 0.2) is 193 Å². The zero-order valence-electron chi connectivity index (χ0n) is 27.4. The Morgan fingerprint density at radius 3 is 1.72 bits per heavy atom. The van der Waals surface area contributed by atoms with Crippen molar-refractivity contribution in [3.63, 3.8) is 0 Å². The standard InChI is InChI=1S/C47H33N3/c1-4-17-32(18-5-1)41-31-42(33-19-6-2-7-20-33)49-46(48-41)37-25-16-24-36-35-23-10-11-26-38(35)47(45(36)37)39-27-12-14-29-43(39)50(34-21-8-3-9-22-34)44-30-15-13-28-40(44)47/h1-31,41H,(H,48,49). The molecule has 0 amide bonds. The molecule has 0 bridgehead atoms. The van der Waals surface area contributed by atoms with Gasteiger partial charge in [-0.15, -0.1) is 0 Å². The largest absolute Gasteiger partial charge is 0.340 e. The van der Waals surface area contributed by atoms with Crippen molar-refractivity contribution in [2.45, 2.75) is 11.5 Å². The highest BCUT2D eigenvalue weighted by atomic mass is 15.2. The molecule has 3 heteroatoms. The van der Waals surface area contributed by atoms with Crippen LogP contribution in [0, 0.1) is 0 Å². The average molecular weight is 640 g/mol. The minimum atomic E-state index is -0.582. The average Bonchev–Trinajstić information content (AvgIpc) is 3.50. The molecule has 3 nitrogen and oxygen atoms in total. The molecule has 2 aliphatic heterocycles. The molecule has 0 saturated carbocycles. The highest BCUT2D eigenvalue weighted by Crippen LogP contribution is 2.64. The van der Waals surface area contributed by atoms with Gasteiger partial charge in [-0.05, 0) is 74.8 Å². The van der Waals surface area contributed by atoms with Crippen molar-refractivity contribution < 1.29 is 0 Å². The topological polar surface area (TPSA) is 27.6 Å². The lowest BCUT2D eigenvalue weighted by atomic mass is 9.63. The second-order valence-corrected chi connectivity index (χ2v) is 13.1. The summed E-state index contributed by atoms with van der Waals surface area (Å²) in [5.74, 6) is 0.879. The van der Waals surface area contributed by atoms with Crippen LogP contribution in [0.4, 0.5) is 17.1 Å². The molecule has 1 spiro atoms. The van der Waals surface area contributed by atoms with Crippen molar-refractivity contribution in [2.24, 2.45) is 4.99 Å². The van der Waals surface area contributed by atoms with Crippen LogP contribution in [0.5, 0.6) is 0 Å². The van der Waals surface area contributed by atoms with Crippen molar-refractivity contribution in [1.29, 1.82) is 0 Å². The third-order valence-corrected chi connectivity index (χ3v) is 10.5. The van der Waals surface area contributed by atoms with Gasteiger partial charge in [0.2, 0.25) is 0 Å². The van der Waals surface area contributed by atoms with E-state index in [4.69, 9.17) is 4.99 Å². The summed E-state index contributed by atoms with van der Waals surface area (Å²) in [5.41, 5.74) is 15.0. The van der Waals surface area contributed by atoms with Gasteiger partial charge in [0.05, 0.1) is 22.8 Å². The molecule has 0 fully saturated rings. The van der Waals surface area contributed by atoms with Crippen LogP contribution in [0.2, 0.25) is 0 Å². The van der Waals surface area contributed by atoms with E-state index in [1.165, 1.54) is 44.8 Å². The molecule has 0 aromatic heterocycles. The number of benzene rings is 7. The van der Waals surface area contributed by atoms with E-state index >= 15 is 0 Å². The number of para-hydroxylation sites is 3. The Kier molecular flexibility index (Phi) is 6.47. The van der Waals surface area contributed by atoms with Crippen LogP contribution in [0.1, 0.15) is 45.0 Å². The quantitative estimate of drug-likeness (QED) is 0.207. The van der Waals surface area contributed by atoms with Gasteiger partial charge in [0.1, 0.15) is 5.84 Å². The van der Waals surface area contributed by atoms with Gasteiger partial charge in [-0.2, -0.15) is 0 Å². The number of amidine groups is 1. The highest BCUT2D eigenvalue weighted by molar-refractivity contribution is 6.10. The maximum absolute atomic E-state index is 5.51. The molecule has 50 heavy (non-hydrogen) atoms. The molecule has 1 N–H and O–H groups in total. The molecular formula is C47H33N3. The first-order valence-corrected chi connectivity index (χ1v) is 17.3. The lowest BCUT2D eigenvalue weighted by molar-refractivity contribution is 0.749. The lowest BCUT2D eigenvalue weighted by Gasteiger charge is -2.45. The van der Waals surface area contributed by atoms with Crippen LogP contribution in [-0.4, -0.2) is 5.84 Å². The second-order valence-electron chi connectivity index (χ2n) is 13.1. The van der Waals surface area contributed by atoms with Crippen LogP contribution >= 0.6 is 0 Å². The van der Waals surface area contributed by atoms with Crippen LogP contribution in [0.25, 0.3) is 16.8 Å². The van der Waals surface area contributed by atoms with Crippen molar-refractivity contribution in [3.8, 4) is 11.1 Å². The molecule has 0 saturated heterocycles. The molecule has 236 valence electrons. The summed E-state index contributed by atoms with van der Waals surface area (Å²) in [6.07, 6.45) is 2.25. The molecular weight excluding hydrogens is 607 g/mol. The van der Waals surface area contributed by atoms with Gasteiger partial charge in [-0.3, -0.25) is 4.99 Å².